The van der Waals surface area contributed by atoms with Crippen LogP contribution in [0.3, 0.4) is 0 Å². The standard InChI is InChI=1S/C9H14N2O2/c1-6(2)11-5-7(3)8(10-11)4-9(12)13/h5-6H,4H2,1-3H3,(H,12,13). The number of nitrogens with zero attached hydrogens (tertiary/aromatic N) is 2. The summed E-state index contributed by atoms with van der Waals surface area (Å²) in [5.41, 5.74) is 1.59. The molecule has 1 rings (SSSR count). The van der Waals surface area contributed by atoms with E-state index in [9.17, 15) is 4.79 Å². The van der Waals surface area contributed by atoms with Crippen LogP contribution in [0, 0.1) is 6.92 Å². The highest BCUT2D eigenvalue weighted by atomic mass is 16.4. The van der Waals surface area contributed by atoms with Crippen LogP contribution in [0.15, 0.2) is 6.20 Å². The fourth-order valence-electron chi connectivity index (χ4n) is 1.10. The van der Waals surface area contributed by atoms with Crippen molar-refractivity contribution in [1.82, 2.24) is 9.78 Å². The van der Waals surface area contributed by atoms with E-state index in [2.05, 4.69) is 5.10 Å². The van der Waals surface area contributed by atoms with Gasteiger partial charge in [-0.15, -0.1) is 0 Å². The van der Waals surface area contributed by atoms with Gasteiger partial charge >= 0.3 is 5.97 Å². The lowest BCUT2D eigenvalue weighted by molar-refractivity contribution is -0.136. The number of aryl methyl sites for hydroxylation is 1. The zero-order chi connectivity index (χ0) is 10.0. The van der Waals surface area contributed by atoms with Crippen molar-refractivity contribution < 1.29 is 9.90 Å². The van der Waals surface area contributed by atoms with Crippen LogP contribution < -0.4 is 0 Å². The molecule has 0 saturated heterocycles. The van der Waals surface area contributed by atoms with Gasteiger partial charge in [0, 0.05) is 12.2 Å². The smallest absolute Gasteiger partial charge is 0.309 e. The van der Waals surface area contributed by atoms with Crippen LogP contribution in [-0.2, 0) is 11.2 Å². The highest BCUT2D eigenvalue weighted by molar-refractivity contribution is 5.69. The average molecular weight is 182 g/mol. The molecule has 0 aliphatic rings. The van der Waals surface area contributed by atoms with E-state index in [4.69, 9.17) is 5.11 Å². The molecule has 0 saturated carbocycles. The predicted octanol–water partition coefficient (Wildman–Crippen LogP) is 1.40. The van der Waals surface area contributed by atoms with E-state index < -0.39 is 5.97 Å². The molecule has 0 spiro atoms. The molecule has 1 heterocycles. The molecule has 0 atom stereocenters. The van der Waals surface area contributed by atoms with Crippen molar-refractivity contribution in [3.8, 4) is 0 Å². The highest BCUT2D eigenvalue weighted by Crippen LogP contribution is 2.10. The van der Waals surface area contributed by atoms with Gasteiger partial charge in [0.05, 0.1) is 12.1 Å². The number of carbonyl (C=O) groups is 1. The van der Waals surface area contributed by atoms with E-state index in [0.29, 0.717) is 5.69 Å². The Kier molecular flexibility index (Phi) is 2.70. The Hall–Kier alpha value is -1.32. The molecule has 4 heteroatoms. The molecule has 0 bridgehead atoms. The zero-order valence-corrected chi connectivity index (χ0v) is 8.11. The molecular weight excluding hydrogens is 168 g/mol. The number of carboxylic acids is 1. The van der Waals surface area contributed by atoms with Crippen molar-refractivity contribution in [2.24, 2.45) is 0 Å². The molecule has 0 radical (unpaired) electrons. The molecule has 0 aromatic carbocycles. The largest absolute Gasteiger partial charge is 0.481 e. The fourth-order valence-corrected chi connectivity index (χ4v) is 1.10. The van der Waals surface area contributed by atoms with E-state index in [0.717, 1.165) is 5.56 Å². The molecule has 4 nitrogen and oxygen atoms in total. The van der Waals surface area contributed by atoms with Crippen LogP contribution in [0.4, 0.5) is 0 Å². The first-order valence-corrected chi connectivity index (χ1v) is 4.27. The summed E-state index contributed by atoms with van der Waals surface area (Å²) >= 11 is 0. The van der Waals surface area contributed by atoms with Crippen LogP contribution in [0.5, 0.6) is 0 Å². The summed E-state index contributed by atoms with van der Waals surface area (Å²) in [4.78, 5) is 10.5. The molecule has 1 aromatic heterocycles. The summed E-state index contributed by atoms with van der Waals surface area (Å²) in [7, 11) is 0. The number of rotatable bonds is 3. The molecular formula is C9H14N2O2. The third-order valence-corrected chi connectivity index (χ3v) is 1.87. The van der Waals surface area contributed by atoms with E-state index in [-0.39, 0.29) is 12.5 Å². The maximum absolute atomic E-state index is 10.5. The molecule has 13 heavy (non-hydrogen) atoms. The maximum Gasteiger partial charge on any atom is 0.309 e. The minimum absolute atomic E-state index is 0.00551. The molecule has 1 N–H and O–H groups in total. The average Bonchev–Trinajstić information content (AvgIpc) is 2.31. The predicted molar refractivity (Wildman–Crippen MR) is 48.7 cm³/mol. The second-order valence-corrected chi connectivity index (χ2v) is 3.40. The summed E-state index contributed by atoms with van der Waals surface area (Å²) in [5.74, 6) is -0.836. The molecule has 0 aliphatic heterocycles. The van der Waals surface area contributed by atoms with Gasteiger partial charge in [-0.2, -0.15) is 5.10 Å². The van der Waals surface area contributed by atoms with Crippen LogP contribution in [0.2, 0.25) is 0 Å². The van der Waals surface area contributed by atoms with Gasteiger partial charge in [0.25, 0.3) is 0 Å². The van der Waals surface area contributed by atoms with E-state index in [1.165, 1.54) is 0 Å². The highest BCUT2D eigenvalue weighted by Gasteiger charge is 2.09. The van der Waals surface area contributed by atoms with Crippen LogP contribution in [-0.4, -0.2) is 20.9 Å². The monoisotopic (exact) mass is 182 g/mol. The molecule has 0 aliphatic carbocycles. The summed E-state index contributed by atoms with van der Waals surface area (Å²) < 4.78 is 1.79. The van der Waals surface area contributed by atoms with Gasteiger partial charge in [-0.3, -0.25) is 9.48 Å². The zero-order valence-electron chi connectivity index (χ0n) is 8.11. The number of carboxylic acid groups (broad SMARTS) is 1. The molecule has 72 valence electrons. The summed E-state index contributed by atoms with van der Waals surface area (Å²) in [5, 5.41) is 12.8. The van der Waals surface area contributed by atoms with Gasteiger partial charge in [-0.05, 0) is 26.3 Å². The molecule has 0 fully saturated rings. The first-order chi connectivity index (χ1) is 6.00. The van der Waals surface area contributed by atoms with E-state index in [1.807, 2.05) is 27.0 Å². The summed E-state index contributed by atoms with van der Waals surface area (Å²) in [6.45, 7) is 5.90. The third kappa shape index (κ3) is 2.31. The van der Waals surface area contributed by atoms with Gasteiger partial charge in [-0.25, -0.2) is 0 Å². The number of hydrogen-bond donors (Lipinski definition) is 1. The number of aliphatic carboxylic acids is 1. The van der Waals surface area contributed by atoms with Gasteiger partial charge in [-0.1, -0.05) is 0 Å². The Bertz CT molecular complexity index is 315. The molecule has 0 unspecified atom stereocenters. The molecule has 1 aromatic rings. The maximum atomic E-state index is 10.5. The Morgan fingerprint density at radius 1 is 1.69 bits per heavy atom. The van der Waals surface area contributed by atoms with Crippen molar-refractivity contribution in [3.63, 3.8) is 0 Å². The second-order valence-electron chi connectivity index (χ2n) is 3.40. The van der Waals surface area contributed by atoms with Crippen molar-refractivity contribution in [2.75, 3.05) is 0 Å². The Morgan fingerprint density at radius 3 is 2.69 bits per heavy atom. The lowest BCUT2D eigenvalue weighted by atomic mass is 10.2. The van der Waals surface area contributed by atoms with E-state index in [1.54, 1.807) is 4.68 Å². The van der Waals surface area contributed by atoms with E-state index >= 15 is 0 Å². The Labute approximate surface area is 77.2 Å². The summed E-state index contributed by atoms with van der Waals surface area (Å²) in [6, 6.07) is 0.279. The lowest BCUT2D eigenvalue weighted by Gasteiger charge is -2.02. The van der Waals surface area contributed by atoms with Gasteiger partial charge in [0.1, 0.15) is 0 Å². The minimum atomic E-state index is -0.836. The number of hydrogen-bond acceptors (Lipinski definition) is 2. The lowest BCUT2D eigenvalue weighted by Crippen LogP contribution is -2.05. The second kappa shape index (κ2) is 3.60. The van der Waals surface area contributed by atoms with Crippen LogP contribution in [0.1, 0.15) is 31.1 Å². The van der Waals surface area contributed by atoms with Gasteiger partial charge in [0.2, 0.25) is 0 Å². The van der Waals surface area contributed by atoms with Gasteiger partial charge in [0.15, 0.2) is 0 Å². The fraction of sp³-hybridized carbons (Fsp3) is 0.556. The molecule has 0 amide bonds. The first-order valence-electron chi connectivity index (χ1n) is 4.27. The van der Waals surface area contributed by atoms with Crippen molar-refractivity contribution >= 4 is 5.97 Å². The SMILES string of the molecule is Cc1cn(C(C)C)nc1CC(=O)O. The Morgan fingerprint density at radius 2 is 2.31 bits per heavy atom. The van der Waals surface area contributed by atoms with Crippen molar-refractivity contribution in [1.29, 1.82) is 0 Å². The summed E-state index contributed by atoms with van der Waals surface area (Å²) in [6.07, 6.45) is 1.88. The third-order valence-electron chi connectivity index (χ3n) is 1.87. The van der Waals surface area contributed by atoms with Crippen LogP contribution in [0.25, 0.3) is 0 Å². The quantitative estimate of drug-likeness (QED) is 0.768. The minimum Gasteiger partial charge on any atom is -0.481 e. The normalized spacial score (nSPS) is 10.8. The van der Waals surface area contributed by atoms with Crippen molar-refractivity contribution in [2.45, 2.75) is 33.2 Å². The number of aromatic nitrogens is 2. The van der Waals surface area contributed by atoms with Gasteiger partial charge < -0.3 is 5.11 Å². The van der Waals surface area contributed by atoms with Crippen molar-refractivity contribution in [3.05, 3.63) is 17.5 Å². The topological polar surface area (TPSA) is 55.1 Å². The Balaban J connectivity index is 2.89. The van der Waals surface area contributed by atoms with Crippen LogP contribution >= 0.6 is 0 Å². The first kappa shape index (κ1) is 9.77.